The number of nitrogens with one attached hydrogen (secondary N) is 1. The molecule has 2 amide bonds. The van der Waals surface area contributed by atoms with Crippen LogP contribution in [-0.2, 0) is 9.53 Å². The third-order valence-electron chi connectivity index (χ3n) is 4.52. The van der Waals surface area contributed by atoms with Gasteiger partial charge in [-0.25, -0.2) is 4.79 Å². The third-order valence-corrected chi connectivity index (χ3v) is 5.66. The van der Waals surface area contributed by atoms with E-state index in [0.717, 1.165) is 25.7 Å². The average molecular weight is 316 g/mol. The van der Waals surface area contributed by atoms with Crippen molar-refractivity contribution in [2.24, 2.45) is 5.92 Å². The Morgan fingerprint density at radius 2 is 1.90 bits per heavy atom. The number of carbonyl (C=O) groups is 2. The molecule has 1 saturated heterocycles. The maximum atomic E-state index is 12.3. The number of carboxylic acid groups (broad SMARTS) is 1. The fourth-order valence-electron chi connectivity index (χ4n) is 3.03. The van der Waals surface area contributed by atoms with Crippen molar-refractivity contribution in [2.75, 3.05) is 26.5 Å². The first-order chi connectivity index (χ1) is 10.0. The van der Waals surface area contributed by atoms with E-state index in [1.807, 2.05) is 11.8 Å². The summed E-state index contributed by atoms with van der Waals surface area (Å²) in [6.07, 6.45) is 6.37. The lowest BCUT2D eigenvalue weighted by atomic mass is 9.95. The van der Waals surface area contributed by atoms with Gasteiger partial charge < -0.3 is 20.1 Å². The second-order valence-electron chi connectivity index (χ2n) is 5.82. The van der Waals surface area contributed by atoms with Crippen molar-refractivity contribution < 1.29 is 19.4 Å². The van der Waals surface area contributed by atoms with Crippen molar-refractivity contribution in [1.82, 2.24) is 10.2 Å². The highest BCUT2D eigenvalue weighted by molar-refractivity contribution is 7.99. The van der Waals surface area contributed by atoms with Gasteiger partial charge in [-0.15, -0.1) is 0 Å². The molecule has 2 N–H and O–H groups in total. The largest absolute Gasteiger partial charge is 0.481 e. The number of ether oxygens (including phenoxy) is 1. The van der Waals surface area contributed by atoms with Gasteiger partial charge in [-0.1, -0.05) is 0 Å². The van der Waals surface area contributed by atoms with E-state index in [2.05, 4.69) is 11.6 Å². The van der Waals surface area contributed by atoms with Gasteiger partial charge in [-0.3, -0.25) is 4.79 Å². The zero-order valence-electron chi connectivity index (χ0n) is 12.6. The standard InChI is InChI=1S/C14H24N2O4S/c1-16(12-8-20-7-11(12)13(17)18)14(19)15-9-3-5-10(21-2)6-4-9/h9-12H,3-8H2,1-2H3,(H,15,19)(H,17,18). The molecule has 120 valence electrons. The molecule has 0 spiro atoms. The van der Waals surface area contributed by atoms with E-state index in [0.29, 0.717) is 11.9 Å². The Morgan fingerprint density at radius 1 is 1.24 bits per heavy atom. The fourth-order valence-corrected chi connectivity index (χ4v) is 3.77. The molecule has 1 aliphatic heterocycles. The minimum Gasteiger partial charge on any atom is -0.481 e. The van der Waals surface area contributed by atoms with E-state index in [4.69, 9.17) is 9.84 Å². The quantitative estimate of drug-likeness (QED) is 0.820. The first-order valence-electron chi connectivity index (χ1n) is 7.39. The SMILES string of the molecule is CSC1CCC(NC(=O)N(C)C2COCC2C(=O)O)CC1. The molecule has 2 aliphatic rings. The van der Waals surface area contributed by atoms with Crippen LogP contribution >= 0.6 is 11.8 Å². The Hall–Kier alpha value is -0.950. The lowest BCUT2D eigenvalue weighted by molar-refractivity contribution is -0.142. The lowest BCUT2D eigenvalue weighted by Crippen LogP contribution is -2.51. The Labute approximate surface area is 129 Å². The third kappa shape index (κ3) is 4.03. The van der Waals surface area contributed by atoms with Crippen molar-refractivity contribution in [3.8, 4) is 0 Å². The maximum absolute atomic E-state index is 12.3. The van der Waals surface area contributed by atoms with Crippen LogP contribution in [0.3, 0.4) is 0 Å². The summed E-state index contributed by atoms with van der Waals surface area (Å²) in [4.78, 5) is 24.9. The van der Waals surface area contributed by atoms with Crippen LogP contribution in [0.4, 0.5) is 4.79 Å². The number of rotatable bonds is 4. The van der Waals surface area contributed by atoms with Crippen molar-refractivity contribution in [2.45, 2.75) is 43.0 Å². The minimum atomic E-state index is -0.905. The van der Waals surface area contributed by atoms with Crippen LogP contribution in [0.2, 0.25) is 0 Å². The van der Waals surface area contributed by atoms with Crippen molar-refractivity contribution >= 4 is 23.8 Å². The second kappa shape index (κ2) is 7.35. The molecule has 0 bridgehead atoms. The van der Waals surface area contributed by atoms with Gasteiger partial charge in [0.25, 0.3) is 0 Å². The summed E-state index contributed by atoms with van der Waals surface area (Å²) in [6.45, 7) is 0.469. The number of thioether (sulfide) groups is 1. The first kappa shape index (κ1) is 16.4. The first-order valence-corrected chi connectivity index (χ1v) is 8.68. The van der Waals surface area contributed by atoms with Crippen molar-refractivity contribution in [1.29, 1.82) is 0 Å². The van der Waals surface area contributed by atoms with Crippen molar-refractivity contribution in [3.63, 3.8) is 0 Å². The zero-order chi connectivity index (χ0) is 15.4. The average Bonchev–Trinajstić information content (AvgIpc) is 2.96. The predicted molar refractivity (Wildman–Crippen MR) is 81.6 cm³/mol. The van der Waals surface area contributed by atoms with Gasteiger partial charge >= 0.3 is 12.0 Å². The molecule has 21 heavy (non-hydrogen) atoms. The maximum Gasteiger partial charge on any atom is 0.317 e. The van der Waals surface area contributed by atoms with Crippen LogP contribution < -0.4 is 5.32 Å². The molecule has 2 atom stereocenters. The van der Waals surface area contributed by atoms with Crippen LogP contribution in [0.1, 0.15) is 25.7 Å². The summed E-state index contributed by atoms with van der Waals surface area (Å²) in [5, 5.41) is 12.9. The Balaban J connectivity index is 1.84. The molecule has 1 saturated carbocycles. The number of amides is 2. The highest BCUT2D eigenvalue weighted by Crippen LogP contribution is 2.27. The van der Waals surface area contributed by atoms with Crippen LogP contribution in [0.15, 0.2) is 0 Å². The van der Waals surface area contributed by atoms with E-state index < -0.39 is 11.9 Å². The summed E-state index contributed by atoms with van der Waals surface area (Å²) in [6, 6.07) is -0.372. The van der Waals surface area contributed by atoms with E-state index in [1.165, 1.54) is 4.90 Å². The molecule has 6 nitrogen and oxygen atoms in total. The van der Waals surface area contributed by atoms with E-state index in [-0.39, 0.29) is 24.7 Å². The van der Waals surface area contributed by atoms with Crippen LogP contribution in [0.25, 0.3) is 0 Å². The highest BCUT2D eigenvalue weighted by atomic mass is 32.2. The van der Waals surface area contributed by atoms with Gasteiger partial charge in [0.15, 0.2) is 0 Å². The molecule has 2 rings (SSSR count). The summed E-state index contributed by atoms with van der Waals surface area (Å²) in [5.74, 6) is -1.54. The highest BCUT2D eigenvalue weighted by Gasteiger charge is 2.39. The van der Waals surface area contributed by atoms with Gasteiger partial charge in [0, 0.05) is 18.3 Å². The molecule has 0 aromatic rings. The van der Waals surface area contributed by atoms with Crippen LogP contribution in [0, 0.1) is 5.92 Å². The number of hydrogen-bond acceptors (Lipinski definition) is 4. The molecule has 0 radical (unpaired) electrons. The zero-order valence-corrected chi connectivity index (χ0v) is 13.4. The van der Waals surface area contributed by atoms with Gasteiger partial charge in [0.2, 0.25) is 0 Å². The normalized spacial score (nSPS) is 32.7. The van der Waals surface area contributed by atoms with Gasteiger partial charge in [-0.05, 0) is 31.9 Å². The van der Waals surface area contributed by atoms with Gasteiger partial charge in [0.05, 0.1) is 19.3 Å². The second-order valence-corrected chi connectivity index (χ2v) is 6.96. The topological polar surface area (TPSA) is 78.9 Å². The monoisotopic (exact) mass is 316 g/mol. The van der Waals surface area contributed by atoms with E-state index >= 15 is 0 Å². The lowest BCUT2D eigenvalue weighted by Gasteiger charge is -2.32. The summed E-state index contributed by atoms with van der Waals surface area (Å²) >= 11 is 1.89. The predicted octanol–water partition coefficient (Wildman–Crippen LogP) is 1.40. The van der Waals surface area contributed by atoms with Crippen molar-refractivity contribution in [3.05, 3.63) is 0 Å². The van der Waals surface area contributed by atoms with E-state index in [1.54, 1.807) is 7.05 Å². The molecular weight excluding hydrogens is 292 g/mol. The Kier molecular flexibility index (Phi) is 5.75. The number of hydrogen-bond donors (Lipinski definition) is 2. The minimum absolute atomic E-state index is 0.177. The molecule has 1 aliphatic carbocycles. The molecular formula is C14H24N2O4S. The number of carbonyl (C=O) groups excluding carboxylic acids is 1. The van der Waals surface area contributed by atoms with Gasteiger partial charge in [0.1, 0.15) is 5.92 Å². The Bertz CT molecular complexity index is 385. The number of urea groups is 1. The summed E-state index contributed by atoms with van der Waals surface area (Å²) in [7, 11) is 1.65. The summed E-state index contributed by atoms with van der Waals surface area (Å²) in [5.41, 5.74) is 0. The number of carboxylic acids is 1. The molecule has 0 aromatic carbocycles. The van der Waals surface area contributed by atoms with Crippen LogP contribution in [0.5, 0.6) is 0 Å². The van der Waals surface area contributed by atoms with E-state index in [9.17, 15) is 9.59 Å². The number of aliphatic carboxylic acids is 1. The van der Waals surface area contributed by atoms with Gasteiger partial charge in [-0.2, -0.15) is 11.8 Å². The number of nitrogens with zero attached hydrogens (tertiary/aromatic N) is 1. The molecule has 1 heterocycles. The molecule has 7 heteroatoms. The Morgan fingerprint density at radius 3 is 2.48 bits per heavy atom. The molecule has 2 unspecified atom stereocenters. The fraction of sp³-hybridized carbons (Fsp3) is 0.857. The smallest absolute Gasteiger partial charge is 0.317 e. The molecule has 2 fully saturated rings. The molecule has 0 aromatic heterocycles. The summed E-state index contributed by atoms with van der Waals surface area (Å²) < 4.78 is 5.22. The van der Waals surface area contributed by atoms with Crippen LogP contribution in [-0.4, -0.2) is 65.9 Å². The number of likely N-dealkylation sites (N-methyl/N-ethyl adjacent to an activating group) is 1.